The summed E-state index contributed by atoms with van der Waals surface area (Å²) in [6.45, 7) is 5.82. The van der Waals surface area contributed by atoms with Crippen LogP contribution in [0.4, 0.5) is 0 Å². The summed E-state index contributed by atoms with van der Waals surface area (Å²) >= 11 is 0. The van der Waals surface area contributed by atoms with Crippen LogP contribution in [0.25, 0.3) is 0 Å². The van der Waals surface area contributed by atoms with Gasteiger partial charge in [0, 0.05) is 10.5 Å². The standard InChI is InChI=1S/C17H18O2S/c1-12-5-4-6-15(9-12)16(18)11-20(19)17-10-13(2)7-8-14(17)3/h4-10H,11H2,1-3H3. The van der Waals surface area contributed by atoms with Crippen molar-refractivity contribution in [2.45, 2.75) is 25.7 Å². The second-order valence-corrected chi connectivity index (χ2v) is 6.47. The Bertz CT molecular complexity index is 674. The minimum absolute atomic E-state index is 0.0355. The number of aryl methyl sites for hydroxylation is 3. The van der Waals surface area contributed by atoms with E-state index in [4.69, 9.17) is 0 Å². The Balaban J connectivity index is 2.19. The summed E-state index contributed by atoms with van der Waals surface area (Å²) in [4.78, 5) is 12.9. The Labute approximate surface area is 122 Å². The van der Waals surface area contributed by atoms with Gasteiger partial charge < -0.3 is 0 Å². The van der Waals surface area contributed by atoms with Gasteiger partial charge in [-0.25, -0.2) is 0 Å². The highest BCUT2D eigenvalue weighted by atomic mass is 32.2. The van der Waals surface area contributed by atoms with Gasteiger partial charge in [-0.15, -0.1) is 0 Å². The molecular weight excluding hydrogens is 268 g/mol. The van der Waals surface area contributed by atoms with Crippen molar-refractivity contribution in [3.8, 4) is 0 Å². The molecule has 1 unspecified atom stereocenters. The fourth-order valence-corrected chi connectivity index (χ4v) is 3.36. The molecule has 0 amide bonds. The molecule has 0 saturated carbocycles. The van der Waals surface area contributed by atoms with E-state index in [1.165, 1.54) is 0 Å². The monoisotopic (exact) mass is 286 g/mol. The first-order valence-corrected chi connectivity index (χ1v) is 7.85. The highest BCUT2D eigenvalue weighted by Crippen LogP contribution is 2.16. The van der Waals surface area contributed by atoms with Crippen molar-refractivity contribution >= 4 is 16.6 Å². The first kappa shape index (κ1) is 14.7. The van der Waals surface area contributed by atoms with E-state index in [-0.39, 0.29) is 11.5 Å². The van der Waals surface area contributed by atoms with E-state index >= 15 is 0 Å². The van der Waals surface area contributed by atoms with Crippen LogP contribution in [0.2, 0.25) is 0 Å². The highest BCUT2D eigenvalue weighted by molar-refractivity contribution is 7.85. The zero-order valence-electron chi connectivity index (χ0n) is 12.0. The Kier molecular flexibility index (Phi) is 4.50. The molecular formula is C17H18O2S. The molecule has 0 aliphatic rings. The lowest BCUT2D eigenvalue weighted by atomic mass is 10.1. The van der Waals surface area contributed by atoms with Crippen molar-refractivity contribution in [3.63, 3.8) is 0 Å². The number of benzene rings is 2. The molecule has 2 nitrogen and oxygen atoms in total. The van der Waals surface area contributed by atoms with Gasteiger partial charge in [-0.1, -0.05) is 35.9 Å². The van der Waals surface area contributed by atoms with Crippen LogP contribution < -0.4 is 0 Å². The number of carbonyl (C=O) groups is 1. The fourth-order valence-electron chi connectivity index (χ4n) is 2.05. The zero-order chi connectivity index (χ0) is 14.7. The molecule has 2 rings (SSSR count). The third kappa shape index (κ3) is 3.42. The average molecular weight is 286 g/mol. The molecule has 0 N–H and O–H groups in total. The van der Waals surface area contributed by atoms with Crippen molar-refractivity contribution in [2.75, 3.05) is 5.75 Å². The van der Waals surface area contributed by atoms with Gasteiger partial charge in [-0.05, 0) is 44.0 Å². The largest absolute Gasteiger partial charge is 0.293 e. The van der Waals surface area contributed by atoms with Crippen molar-refractivity contribution in [1.82, 2.24) is 0 Å². The van der Waals surface area contributed by atoms with E-state index in [1.54, 1.807) is 6.07 Å². The van der Waals surface area contributed by atoms with Gasteiger partial charge in [0.1, 0.15) is 0 Å². The molecule has 0 heterocycles. The number of ketones is 1. The molecule has 2 aromatic rings. The summed E-state index contributed by atoms with van der Waals surface area (Å²) in [7, 11) is -1.29. The Morgan fingerprint density at radius 2 is 1.70 bits per heavy atom. The summed E-state index contributed by atoms with van der Waals surface area (Å²) in [6.07, 6.45) is 0. The van der Waals surface area contributed by atoms with Crippen LogP contribution in [0.1, 0.15) is 27.0 Å². The van der Waals surface area contributed by atoms with Crippen molar-refractivity contribution in [1.29, 1.82) is 0 Å². The van der Waals surface area contributed by atoms with Crippen LogP contribution in [-0.4, -0.2) is 15.7 Å². The lowest BCUT2D eigenvalue weighted by Gasteiger charge is -2.07. The lowest BCUT2D eigenvalue weighted by molar-refractivity contribution is 0.102. The topological polar surface area (TPSA) is 34.1 Å². The van der Waals surface area contributed by atoms with Crippen LogP contribution in [0, 0.1) is 20.8 Å². The molecule has 0 radical (unpaired) electrons. The van der Waals surface area contributed by atoms with Crippen LogP contribution in [0.5, 0.6) is 0 Å². The predicted octanol–water partition coefficient (Wildman–Crippen LogP) is 3.60. The summed E-state index contributed by atoms with van der Waals surface area (Å²) in [6, 6.07) is 13.2. The predicted molar refractivity (Wildman–Crippen MR) is 82.7 cm³/mol. The van der Waals surface area contributed by atoms with Crippen molar-refractivity contribution in [2.24, 2.45) is 0 Å². The maximum atomic E-state index is 12.4. The van der Waals surface area contributed by atoms with Gasteiger partial charge in [0.15, 0.2) is 5.78 Å². The van der Waals surface area contributed by atoms with Gasteiger partial charge in [0.25, 0.3) is 0 Å². The second-order valence-electron chi connectivity index (χ2n) is 5.05. The first-order valence-electron chi connectivity index (χ1n) is 6.53. The van der Waals surface area contributed by atoms with E-state index in [1.807, 2.05) is 57.2 Å². The average Bonchev–Trinajstić information content (AvgIpc) is 2.41. The number of Topliss-reactive ketones (excluding diaryl/α,β-unsaturated/α-hetero) is 1. The van der Waals surface area contributed by atoms with E-state index in [2.05, 4.69) is 0 Å². The maximum absolute atomic E-state index is 12.4. The summed E-state index contributed by atoms with van der Waals surface area (Å²) in [5.74, 6) is -0.0405. The fraction of sp³-hybridized carbons (Fsp3) is 0.235. The van der Waals surface area contributed by atoms with Crippen molar-refractivity contribution < 1.29 is 9.00 Å². The van der Waals surface area contributed by atoms with Crippen molar-refractivity contribution in [3.05, 3.63) is 64.7 Å². The third-order valence-corrected chi connectivity index (χ3v) is 4.65. The Morgan fingerprint density at radius 3 is 2.40 bits per heavy atom. The number of hydrogen-bond acceptors (Lipinski definition) is 2. The number of carbonyl (C=O) groups excluding carboxylic acids is 1. The molecule has 3 heteroatoms. The smallest absolute Gasteiger partial charge is 0.175 e. The molecule has 0 aliphatic carbocycles. The summed E-state index contributed by atoms with van der Waals surface area (Å²) < 4.78 is 12.4. The number of hydrogen-bond donors (Lipinski definition) is 0. The lowest BCUT2D eigenvalue weighted by Crippen LogP contribution is -2.12. The molecule has 0 aromatic heterocycles. The quantitative estimate of drug-likeness (QED) is 0.805. The van der Waals surface area contributed by atoms with E-state index in [0.29, 0.717) is 5.56 Å². The number of rotatable bonds is 4. The van der Waals surface area contributed by atoms with E-state index in [9.17, 15) is 9.00 Å². The summed E-state index contributed by atoms with van der Waals surface area (Å²) in [5, 5.41) is 0. The van der Waals surface area contributed by atoms with E-state index < -0.39 is 10.8 Å². The molecule has 0 fully saturated rings. The van der Waals surface area contributed by atoms with Crippen LogP contribution >= 0.6 is 0 Å². The van der Waals surface area contributed by atoms with E-state index in [0.717, 1.165) is 21.6 Å². The molecule has 0 aliphatic heterocycles. The molecule has 0 saturated heterocycles. The maximum Gasteiger partial charge on any atom is 0.175 e. The van der Waals surface area contributed by atoms with Gasteiger partial charge >= 0.3 is 0 Å². The van der Waals surface area contributed by atoms with Crippen LogP contribution in [-0.2, 0) is 10.8 Å². The minimum atomic E-state index is -1.29. The molecule has 104 valence electrons. The molecule has 2 aromatic carbocycles. The first-order chi connectivity index (χ1) is 9.47. The molecule has 20 heavy (non-hydrogen) atoms. The molecule has 1 atom stereocenters. The van der Waals surface area contributed by atoms with Crippen LogP contribution in [0.15, 0.2) is 47.4 Å². The Morgan fingerprint density at radius 1 is 1.00 bits per heavy atom. The third-order valence-electron chi connectivity index (χ3n) is 3.19. The minimum Gasteiger partial charge on any atom is -0.293 e. The van der Waals surface area contributed by atoms with Crippen LogP contribution in [0.3, 0.4) is 0 Å². The van der Waals surface area contributed by atoms with Gasteiger partial charge in [0.2, 0.25) is 0 Å². The highest BCUT2D eigenvalue weighted by Gasteiger charge is 2.14. The van der Waals surface area contributed by atoms with Gasteiger partial charge in [-0.2, -0.15) is 0 Å². The Hall–Kier alpha value is -1.74. The van der Waals surface area contributed by atoms with Gasteiger partial charge in [0.05, 0.1) is 16.6 Å². The van der Waals surface area contributed by atoms with Gasteiger partial charge in [-0.3, -0.25) is 9.00 Å². The second kappa shape index (κ2) is 6.14. The SMILES string of the molecule is Cc1cccc(C(=O)CS(=O)c2cc(C)ccc2C)c1. The molecule has 0 spiro atoms. The zero-order valence-corrected chi connectivity index (χ0v) is 12.8. The summed E-state index contributed by atoms with van der Waals surface area (Å²) in [5.41, 5.74) is 3.69. The normalized spacial score (nSPS) is 12.2. The molecule has 0 bridgehead atoms.